The predicted octanol–water partition coefficient (Wildman–Crippen LogP) is 4.24. The lowest BCUT2D eigenvalue weighted by Gasteiger charge is -2.14. The van der Waals surface area contributed by atoms with Gasteiger partial charge in [-0.05, 0) is 50.8 Å². The Morgan fingerprint density at radius 1 is 1.10 bits per heavy atom. The first-order valence-electron chi connectivity index (χ1n) is 9.92. The smallest absolute Gasteiger partial charge is 0.196 e. The van der Waals surface area contributed by atoms with Crippen LogP contribution in [0, 0.1) is 5.82 Å². The summed E-state index contributed by atoms with van der Waals surface area (Å²) in [5, 5.41) is 6.54. The van der Waals surface area contributed by atoms with Crippen molar-refractivity contribution in [1.29, 1.82) is 0 Å². The van der Waals surface area contributed by atoms with Crippen LogP contribution in [0.25, 0.3) is 0 Å². The second-order valence-electron chi connectivity index (χ2n) is 7.20. The summed E-state index contributed by atoms with van der Waals surface area (Å²) in [6.45, 7) is 5.05. The average Bonchev–Trinajstić information content (AvgIpc) is 2.93. The minimum absolute atomic E-state index is 0. The Balaban J connectivity index is 0.00000320. The highest BCUT2D eigenvalue weighted by molar-refractivity contribution is 14.0. The number of ether oxygens (including phenoxy) is 2. The second kappa shape index (κ2) is 11.9. The van der Waals surface area contributed by atoms with Gasteiger partial charge in [-0.15, -0.1) is 24.0 Å². The third kappa shape index (κ3) is 7.02. The van der Waals surface area contributed by atoms with Crippen LogP contribution < -0.4 is 20.1 Å². The van der Waals surface area contributed by atoms with Crippen molar-refractivity contribution in [1.82, 2.24) is 10.2 Å². The summed E-state index contributed by atoms with van der Waals surface area (Å²) in [5.41, 5.74) is 2.49. The Morgan fingerprint density at radius 2 is 1.87 bits per heavy atom. The van der Waals surface area contributed by atoms with Gasteiger partial charge in [-0.1, -0.05) is 6.07 Å². The van der Waals surface area contributed by atoms with Crippen molar-refractivity contribution in [2.24, 2.45) is 4.99 Å². The molecule has 8 heteroatoms. The molecule has 0 fully saturated rings. The van der Waals surface area contributed by atoms with Crippen LogP contribution in [0.2, 0.25) is 0 Å². The molecule has 0 spiro atoms. The molecule has 1 heterocycles. The van der Waals surface area contributed by atoms with E-state index in [0.717, 1.165) is 35.7 Å². The summed E-state index contributed by atoms with van der Waals surface area (Å²) < 4.78 is 25.4. The van der Waals surface area contributed by atoms with Gasteiger partial charge < -0.3 is 25.0 Å². The Hall–Kier alpha value is -2.07. The van der Waals surface area contributed by atoms with Gasteiger partial charge in [0.05, 0.1) is 19.8 Å². The quantitative estimate of drug-likeness (QED) is 0.334. The van der Waals surface area contributed by atoms with Crippen molar-refractivity contribution in [2.45, 2.75) is 26.4 Å². The normalized spacial score (nSPS) is 13.4. The molecular weight excluding hydrogens is 498 g/mol. The van der Waals surface area contributed by atoms with Gasteiger partial charge in [0, 0.05) is 36.8 Å². The lowest BCUT2D eigenvalue weighted by atomic mass is 10.1. The number of anilines is 1. The molecule has 164 valence electrons. The summed E-state index contributed by atoms with van der Waals surface area (Å²) in [4.78, 5) is 6.59. The fourth-order valence-electron chi connectivity index (χ4n) is 3.04. The molecule has 6 nitrogen and oxygen atoms in total. The summed E-state index contributed by atoms with van der Waals surface area (Å²) in [7, 11) is 3.85. The van der Waals surface area contributed by atoms with Crippen LogP contribution in [0.15, 0.2) is 41.4 Å². The van der Waals surface area contributed by atoms with Crippen molar-refractivity contribution in [2.75, 3.05) is 39.2 Å². The van der Waals surface area contributed by atoms with Gasteiger partial charge in [0.25, 0.3) is 0 Å². The van der Waals surface area contributed by atoms with E-state index < -0.39 is 0 Å². The number of fused-ring (bicyclic) bond motifs is 1. The fourth-order valence-corrected chi connectivity index (χ4v) is 3.04. The number of hydrogen-bond acceptors (Lipinski definition) is 4. The molecule has 2 aromatic rings. The molecule has 0 radical (unpaired) electrons. The van der Waals surface area contributed by atoms with E-state index >= 15 is 0 Å². The molecule has 0 aliphatic carbocycles. The van der Waals surface area contributed by atoms with Crippen LogP contribution in [-0.2, 0) is 13.1 Å². The van der Waals surface area contributed by atoms with Gasteiger partial charge >= 0.3 is 0 Å². The summed E-state index contributed by atoms with van der Waals surface area (Å²) >= 11 is 0. The summed E-state index contributed by atoms with van der Waals surface area (Å²) in [6.07, 6.45) is 0.870. The number of benzene rings is 2. The third-order valence-electron chi connectivity index (χ3n) is 4.37. The molecule has 3 rings (SSSR count). The van der Waals surface area contributed by atoms with Crippen LogP contribution in [0.1, 0.15) is 24.5 Å². The highest BCUT2D eigenvalue weighted by Crippen LogP contribution is 2.32. The maximum atomic E-state index is 14.0. The molecule has 1 aliphatic heterocycles. The Labute approximate surface area is 194 Å². The molecule has 0 amide bonds. The Bertz CT molecular complexity index is 861. The average molecular weight is 528 g/mol. The lowest BCUT2D eigenvalue weighted by Crippen LogP contribution is -2.30. The van der Waals surface area contributed by atoms with E-state index in [1.54, 1.807) is 6.07 Å². The summed E-state index contributed by atoms with van der Waals surface area (Å²) in [6, 6.07) is 10.9. The van der Waals surface area contributed by atoms with Crippen LogP contribution in [0.5, 0.6) is 11.5 Å². The Morgan fingerprint density at radius 3 is 2.60 bits per heavy atom. The second-order valence-corrected chi connectivity index (χ2v) is 7.20. The first-order chi connectivity index (χ1) is 14.0. The molecule has 0 atom stereocenters. The van der Waals surface area contributed by atoms with Gasteiger partial charge in [0.15, 0.2) is 17.5 Å². The van der Waals surface area contributed by atoms with Crippen LogP contribution in [0.4, 0.5) is 10.1 Å². The van der Waals surface area contributed by atoms with Crippen LogP contribution >= 0.6 is 24.0 Å². The molecule has 0 aromatic heterocycles. The van der Waals surface area contributed by atoms with Gasteiger partial charge in [-0.25, -0.2) is 9.38 Å². The first-order valence-corrected chi connectivity index (χ1v) is 9.92. The number of hydrogen-bond donors (Lipinski definition) is 2. The van der Waals surface area contributed by atoms with Gasteiger partial charge in [0.2, 0.25) is 0 Å². The molecule has 0 saturated heterocycles. The maximum absolute atomic E-state index is 14.0. The molecular formula is C22H30FIN4O2. The Kier molecular flexibility index (Phi) is 9.64. The zero-order chi connectivity index (χ0) is 20.6. The van der Waals surface area contributed by atoms with E-state index in [4.69, 9.17) is 9.47 Å². The zero-order valence-corrected chi connectivity index (χ0v) is 20.0. The number of halogens is 2. The van der Waals surface area contributed by atoms with Gasteiger partial charge in [-0.3, -0.25) is 0 Å². The standard InChI is InChI=1S/C22H29FN4O2.HI/c1-4-24-22(25-14-16-6-8-19(23)17(12-16)15-27(2)3)26-18-7-9-20-21(13-18)29-11-5-10-28-20;/h6-9,12-13H,4-5,10-11,14-15H2,1-3H3,(H2,24,25,26);1H. The van der Waals surface area contributed by atoms with E-state index in [-0.39, 0.29) is 29.8 Å². The molecule has 1 aliphatic rings. The predicted molar refractivity (Wildman–Crippen MR) is 130 cm³/mol. The SMILES string of the molecule is CCNC(=NCc1ccc(F)c(CN(C)C)c1)Nc1ccc2c(c1)OCCCO2.I. The van der Waals surface area contributed by atoms with E-state index in [1.165, 1.54) is 6.07 Å². The number of nitrogens with one attached hydrogen (secondary N) is 2. The van der Waals surface area contributed by atoms with Crippen LogP contribution in [-0.4, -0.2) is 44.7 Å². The molecule has 2 aromatic carbocycles. The molecule has 0 unspecified atom stereocenters. The van der Waals surface area contributed by atoms with Crippen LogP contribution in [0.3, 0.4) is 0 Å². The lowest BCUT2D eigenvalue weighted by molar-refractivity contribution is 0.297. The number of aliphatic imine (C=N–C) groups is 1. The molecule has 0 saturated carbocycles. The van der Waals surface area contributed by atoms with E-state index in [2.05, 4.69) is 15.6 Å². The number of guanidine groups is 1. The topological polar surface area (TPSA) is 58.1 Å². The molecule has 0 bridgehead atoms. The maximum Gasteiger partial charge on any atom is 0.196 e. The van der Waals surface area contributed by atoms with Crippen molar-refractivity contribution >= 4 is 35.6 Å². The molecule has 30 heavy (non-hydrogen) atoms. The van der Waals surface area contributed by atoms with Crippen molar-refractivity contribution in [3.63, 3.8) is 0 Å². The van der Waals surface area contributed by atoms with E-state index in [0.29, 0.717) is 37.8 Å². The van der Waals surface area contributed by atoms with Gasteiger partial charge in [-0.2, -0.15) is 0 Å². The number of rotatable bonds is 6. The van der Waals surface area contributed by atoms with Crippen molar-refractivity contribution in [3.8, 4) is 11.5 Å². The van der Waals surface area contributed by atoms with E-state index in [9.17, 15) is 4.39 Å². The van der Waals surface area contributed by atoms with E-state index in [1.807, 2.05) is 50.2 Å². The van der Waals surface area contributed by atoms with Crippen molar-refractivity contribution < 1.29 is 13.9 Å². The highest BCUT2D eigenvalue weighted by Gasteiger charge is 2.11. The minimum atomic E-state index is -0.191. The summed E-state index contributed by atoms with van der Waals surface area (Å²) in [5.74, 6) is 1.95. The number of nitrogens with zero attached hydrogens (tertiary/aromatic N) is 2. The zero-order valence-electron chi connectivity index (χ0n) is 17.7. The largest absolute Gasteiger partial charge is 0.490 e. The monoisotopic (exact) mass is 528 g/mol. The highest BCUT2D eigenvalue weighted by atomic mass is 127. The van der Waals surface area contributed by atoms with Gasteiger partial charge in [0.1, 0.15) is 5.82 Å². The first kappa shape index (κ1) is 24.2. The minimum Gasteiger partial charge on any atom is -0.490 e. The molecule has 2 N–H and O–H groups in total. The third-order valence-corrected chi connectivity index (χ3v) is 4.37. The van der Waals surface area contributed by atoms with Crippen molar-refractivity contribution in [3.05, 3.63) is 53.3 Å². The fraction of sp³-hybridized carbons (Fsp3) is 0.409.